The number of esters is 1. The van der Waals surface area contributed by atoms with Gasteiger partial charge in [-0.3, -0.25) is 4.79 Å². The molecule has 108 valence electrons. The summed E-state index contributed by atoms with van der Waals surface area (Å²) in [5.74, 6) is -6.18. The number of benzene rings is 1. The van der Waals surface area contributed by atoms with Crippen LogP contribution >= 0.6 is 0 Å². The van der Waals surface area contributed by atoms with E-state index in [1.807, 2.05) is 5.32 Å². The van der Waals surface area contributed by atoms with Gasteiger partial charge in [-0.15, -0.1) is 0 Å². The Bertz CT molecular complexity index is 566. The first-order valence-corrected chi connectivity index (χ1v) is 5.56. The van der Waals surface area contributed by atoms with Crippen LogP contribution in [0.2, 0.25) is 0 Å². The average Bonchev–Trinajstić information content (AvgIpc) is 2.36. The molecule has 0 saturated heterocycles. The molecular weight excluding hydrogens is 275 g/mol. The van der Waals surface area contributed by atoms with Gasteiger partial charge in [0.25, 0.3) is 5.91 Å². The molecule has 0 aliphatic carbocycles. The van der Waals surface area contributed by atoms with Crippen molar-refractivity contribution in [2.24, 2.45) is 0 Å². The minimum atomic E-state index is -1.69. The number of anilines is 1. The second kappa shape index (κ2) is 6.74. The Morgan fingerprint density at radius 1 is 1.20 bits per heavy atom. The van der Waals surface area contributed by atoms with E-state index in [-0.39, 0.29) is 0 Å². The molecule has 7 heteroatoms. The fourth-order valence-electron chi connectivity index (χ4n) is 1.22. The summed E-state index contributed by atoms with van der Waals surface area (Å²) in [5, 5.41) is 1.97. The van der Waals surface area contributed by atoms with Crippen LogP contribution < -0.4 is 5.32 Å². The van der Waals surface area contributed by atoms with Gasteiger partial charge in [0.05, 0.1) is 5.69 Å². The average molecular weight is 287 g/mol. The third-order valence-electron chi connectivity index (χ3n) is 2.06. The summed E-state index contributed by atoms with van der Waals surface area (Å²) in [4.78, 5) is 22.5. The van der Waals surface area contributed by atoms with Crippen LogP contribution in [0.4, 0.5) is 18.9 Å². The van der Waals surface area contributed by atoms with Gasteiger partial charge >= 0.3 is 5.97 Å². The van der Waals surface area contributed by atoms with E-state index in [1.165, 1.54) is 6.08 Å². The highest BCUT2D eigenvalue weighted by Gasteiger charge is 2.15. The number of allylic oxidation sites excluding steroid dienone is 1. The summed E-state index contributed by atoms with van der Waals surface area (Å²) in [7, 11) is 0. The molecule has 0 aliphatic rings. The Balaban J connectivity index is 2.62. The summed E-state index contributed by atoms with van der Waals surface area (Å²) in [6, 6.07) is 1.53. The number of carbonyl (C=O) groups excluding carboxylic acids is 2. The molecule has 1 aromatic carbocycles. The Morgan fingerprint density at radius 2 is 1.85 bits per heavy atom. The van der Waals surface area contributed by atoms with Crippen molar-refractivity contribution in [3.8, 4) is 0 Å². The Kier molecular flexibility index (Phi) is 5.31. The molecule has 0 fully saturated rings. The molecule has 0 radical (unpaired) electrons. The standard InChI is InChI=1S/C13H12F3NO3/c1-7(2)5-11(19)20-6-10(18)17-9-4-3-8(14)12(15)13(9)16/h3-5H,6H2,1-2H3,(H,17,18). The summed E-state index contributed by atoms with van der Waals surface area (Å²) < 4.78 is 43.4. The lowest BCUT2D eigenvalue weighted by Crippen LogP contribution is -2.21. The van der Waals surface area contributed by atoms with E-state index >= 15 is 0 Å². The second-order valence-corrected chi connectivity index (χ2v) is 4.10. The molecule has 0 aliphatic heterocycles. The van der Waals surface area contributed by atoms with Crippen molar-refractivity contribution >= 4 is 17.6 Å². The molecule has 0 saturated carbocycles. The van der Waals surface area contributed by atoms with Gasteiger partial charge in [0.1, 0.15) is 0 Å². The van der Waals surface area contributed by atoms with Gasteiger partial charge in [-0.25, -0.2) is 18.0 Å². The van der Waals surface area contributed by atoms with Crippen LogP contribution in [-0.2, 0) is 14.3 Å². The van der Waals surface area contributed by atoms with Crippen molar-refractivity contribution < 1.29 is 27.5 Å². The van der Waals surface area contributed by atoms with Crippen LogP contribution in [0.15, 0.2) is 23.8 Å². The van der Waals surface area contributed by atoms with Crippen molar-refractivity contribution in [2.45, 2.75) is 13.8 Å². The number of amides is 1. The molecule has 1 N–H and O–H groups in total. The second-order valence-electron chi connectivity index (χ2n) is 4.10. The molecule has 1 rings (SSSR count). The van der Waals surface area contributed by atoms with Crippen LogP contribution in [0.3, 0.4) is 0 Å². The summed E-state index contributed by atoms with van der Waals surface area (Å²) in [6.07, 6.45) is 1.17. The van der Waals surface area contributed by atoms with E-state index in [1.54, 1.807) is 13.8 Å². The zero-order valence-electron chi connectivity index (χ0n) is 10.8. The first-order valence-electron chi connectivity index (χ1n) is 5.56. The number of nitrogens with one attached hydrogen (secondary N) is 1. The van der Waals surface area contributed by atoms with E-state index in [4.69, 9.17) is 0 Å². The van der Waals surface area contributed by atoms with E-state index in [2.05, 4.69) is 4.74 Å². The molecule has 1 aromatic rings. The maximum atomic E-state index is 13.2. The number of hydrogen-bond donors (Lipinski definition) is 1. The highest BCUT2D eigenvalue weighted by molar-refractivity contribution is 5.93. The molecule has 0 bridgehead atoms. The van der Waals surface area contributed by atoms with Crippen molar-refractivity contribution in [3.63, 3.8) is 0 Å². The molecule has 4 nitrogen and oxygen atoms in total. The summed E-state index contributed by atoms with van der Waals surface area (Å²) in [5.41, 5.74) is 0.147. The molecule has 0 aromatic heterocycles. The molecule has 0 atom stereocenters. The topological polar surface area (TPSA) is 55.4 Å². The Labute approximate surface area is 113 Å². The third-order valence-corrected chi connectivity index (χ3v) is 2.06. The van der Waals surface area contributed by atoms with Gasteiger partial charge in [-0.2, -0.15) is 0 Å². The molecular formula is C13H12F3NO3. The molecule has 0 spiro atoms. The number of halogens is 3. The van der Waals surface area contributed by atoms with Crippen molar-refractivity contribution in [2.75, 3.05) is 11.9 Å². The smallest absolute Gasteiger partial charge is 0.331 e. The molecule has 0 unspecified atom stereocenters. The van der Waals surface area contributed by atoms with Gasteiger partial charge in [-0.1, -0.05) is 5.57 Å². The van der Waals surface area contributed by atoms with Crippen LogP contribution in [0, 0.1) is 17.5 Å². The predicted octanol–water partition coefficient (Wildman–Crippen LogP) is 2.55. The van der Waals surface area contributed by atoms with E-state index in [0.29, 0.717) is 11.6 Å². The normalized spacial score (nSPS) is 9.85. The Hall–Kier alpha value is -2.31. The van der Waals surface area contributed by atoms with E-state index < -0.39 is 41.6 Å². The van der Waals surface area contributed by atoms with Crippen LogP contribution in [0.25, 0.3) is 0 Å². The molecule has 20 heavy (non-hydrogen) atoms. The van der Waals surface area contributed by atoms with Crippen LogP contribution in [0.1, 0.15) is 13.8 Å². The lowest BCUT2D eigenvalue weighted by Gasteiger charge is -2.07. The third kappa shape index (κ3) is 4.42. The van der Waals surface area contributed by atoms with E-state index in [9.17, 15) is 22.8 Å². The highest BCUT2D eigenvalue weighted by atomic mass is 19.2. The first kappa shape index (κ1) is 15.7. The van der Waals surface area contributed by atoms with Gasteiger partial charge < -0.3 is 10.1 Å². The predicted molar refractivity (Wildman–Crippen MR) is 65.3 cm³/mol. The quantitative estimate of drug-likeness (QED) is 0.526. The van der Waals surface area contributed by atoms with Gasteiger partial charge in [0.2, 0.25) is 0 Å². The maximum Gasteiger partial charge on any atom is 0.331 e. The van der Waals surface area contributed by atoms with Crippen LogP contribution in [0.5, 0.6) is 0 Å². The maximum absolute atomic E-state index is 13.2. The molecule has 1 amide bonds. The Morgan fingerprint density at radius 3 is 2.45 bits per heavy atom. The number of rotatable bonds is 4. The number of hydrogen-bond acceptors (Lipinski definition) is 3. The van der Waals surface area contributed by atoms with Crippen molar-refractivity contribution in [1.29, 1.82) is 0 Å². The van der Waals surface area contributed by atoms with Gasteiger partial charge in [0, 0.05) is 6.08 Å². The zero-order chi connectivity index (χ0) is 15.3. The highest BCUT2D eigenvalue weighted by Crippen LogP contribution is 2.19. The molecule has 0 heterocycles. The van der Waals surface area contributed by atoms with Crippen LogP contribution in [-0.4, -0.2) is 18.5 Å². The monoisotopic (exact) mass is 287 g/mol. The lowest BCUT2D eigenvalue weighted by atomic mass is 10.3. The van der Waals surface area contributed by atoms with E-state index in [0.717, 1.165) is 6.07 Å². The first-order chi connectivity index (χ1) is 9.31. The number of carbonyl (C=O) groups is 2. The largest absolute Gasteiger partial charge is 0.452 e. The SMILES string of the molecule is CC(C)=CC(=O)OCC(=O)Nc1ccc(F)c(F)c1F. The fraction of sp³-hybridized carbons (Fsp3) is 0.231. The number of ether oxygens (including phenoxy) is 1. The lowest BCUT2D eigenvalue weighted by molar-refractivity contribution is -0.142. The minimum absolute atomic E-state index is 0.535. The van der Waals surface area contributed by atoms with Crippen molar-refractivity contribution in [1.82, 2.24) is 0 Å². The van der Waals surface area contributed by atoms with Gasteiger partial charge in [0.15, 0.2) is 24.1 Å². The zero-order valence-corrected chi connectivity index (χ0v) is 10.8. The summed E-state index contributed by atoms with van der Waals surface area (Å²) >= 11 is 0. The minimum Gasteiger partial charge on any atom is -0.452 e. The summed E-state index contributed by atoms with van der Waals surface area (Å²) in [6.45, 7) is 2.66. The fourth-order valence-corrected chi connectivity index (χ4v) is 1.22. The van der Waals surface area contributed by atoms with Crippen molar-refractivity contribution in [3.05, 3.63) is 41.2 Å². The van der Waals surface area contributed by atoms with Gasteiger partial charge in [-0.05, 0) is 26.0 Å².